The van der Waals surface area contributed by atoms with E-state index in [0.717, 1.165) is 26.0 Å². The summed E-state index contributed by atoms with van der Waals surface area (Å²) < 4.78 is 15.6. The molecule has 0 spiro atoms. The molecule has 0 radical (unpaired) electrons. The van der Waals surface area contributed by atoms with E-state index in [-0.39, 0.29) is 37.5 Å². The minimum atomic E-state index is -0.999. The number of carboxylic acid groups (broad SMARTS) is 1. The van der Waals surface area contributed by atoms with Crippen molar-refractivity contribution in [3.05, 3.63) is 105 Å². The van der Waals surface area contributed by atoms with Gasteiger partial charge in [0.15, 0.2) is 17.1 Å². The van der Waals surface area contributed by atoms with Gasteiger partial charge in [0, 0.05) is 40.8 Å². The number of aromatic nitrogens is 6. The smallest absolute Gasteiger partial charge is 0.870 e. The van der Waals surface area contributed by atoms with Gasteiger partial charge in [0.25, 0.3) is 0 Å². The molecular formula is C29H30ILiN6O7. The second-order valence-electron chi connectivity index (χ2n) is 8.72. The second-order valence-corrected chi connectivity index (χ2v) is 9.97. The molecule has 6 heterocycles. The summed E-state index contributed by atoms with van der Waals surface area (Å²) in [6, 6.07) is 11.3. The number of fused-ring (bicyclic) bond motifs is 3. The van der Waals surface area contributed by atoms with Crippen molar-refractivity contribution >= 4 is 57.4 Å². The molecule has 6 aromatic rings. The Hall–Kier alpha value is -4.23. The van der Waals surface area contributed by atoms with E-state index in [2.05, 4.69) is 47.0 Å². The Balaban J connectivity index is 0.000000319. The van der Waals surface area contributed by atoms with E-state index in [4.69, 9.17) is 5.11 Å². The standard InChI is InChI=1S/C10H10N2O2.C9H7IN2O2.C9H8N2O2.CH4.Li.H2O/c1-7-3-4-9-11-8(10(13)14-2)6-12(9)5-7;1-14-9(13)7-5-12-4-6(10)2-3-8(12)11-7;1-6-2-3-8-10-7(9(12)13)5-11(8)4-6;;;/h3-6H,1-2H3;2-5H,1H3;2-5H,1H3,(H,12,13);1H4;;1H2/q;;;;+1;/p-1. The van der Waals surface area contributed by atoms with E-state index in [1.54, 1.807) is 27.3 Å². The summed E-state index contributed by atoms with van der Waals surface area (Å²) in [5, 5.41) is 8.68. The molecule has 6 aromatic heterocycles. The van der Waals surface area contributed by atoms with E-state index >= 15 is 0 Å². The number of halogens is 1. The van der Waals surface area contributed by atoms with Gasteiger partial charge in [-0.25, -0.2) is 29.3 Å². The zero-order chi connectivity index (χ0) is 29.7. The maximum Gasteiger partial charge on any atom is 1.00 e. The van der Waals surface area contributed by atoms with Crippen LogP contribution in [-0.2, 0) is 9.47 Å². The zero-order valence-corrected chi connectivity index (χ0v) is 26.1. The van der Waals surface area contributed by atoms with Gasteiger partial charge in [-0.3, -0.25) is 0 Å². The molecule has 0 unspecified atom stereocenters. The number of carbonyl (C=O) groups excluding carboxylic acids is 2. The number of hydrogen-bond acceptors (Lipinski definition) is 9. The molecule has 2 N–H and O–H groups in total. The maximum absolute atomic E-state index is 11.2. The van der Waals surface area contributed by atoms with Crippen molar-refractivity contribution in [2.45, 2.75) is 21.3 Å². The molecule has 0 bridgehead atoms. The van der Waals surface area contributed by atoms with E-state index in [1.165, 1.54) is 20.4 Å². The van der Waals surface area contributed by atoms with Crippen LogP contribution in [0.5, 0.6) is 0 Å². The third-order valence-electron chi connectivity index (χ3n) is 5.62. The molecule has 0 aliphatic heterocycles. The minimum Gasteiger partial charge on any atom is -0.870 e. The van der Waals surface area contributed by atoms with Crippen molar-refractivity contribution < 1.29 is 53.3 Å². The number of methoxy groups -OCH3 is 2. The summed E-state index contributed by atoms with van der Waals surface area (Å²) in [4.78, 5) is 45.1. The van der Waals surface area contributed by atoms with Crippen molar-refractivity contribution in [3.63, 3.8) is 0 Å². The zero-order valence-electron chi connectivity index (χ0n) is 23.9. The fourth-order valence-electron chi connectivity index (χ4n) is 3.68. The van der Waals surface area contributed by atoms with Crippen molar-refractivity contribution in [3.8, 4) is 0 Å². The normalized spacial score (nSPS) is 9.75. The van der Waals surface area contributed by atoms with Gasteiger partial charge in [0.2, 0.25) is 0 Å². The Kier molecular flexibility index (Phi) is 14.2. The molecule has 0 amide bonds. The topological polar surface area (TPSA) is 172 Å². The third kappa shape index (κ3) is 9.13. The van der Waals surface area contributed by atoms with Crippen LogP contribution >= 0.6 is 22.6 Å². The number of ether oxygens (including phenoxy) is 2. The molecule has 0 fully saturated rings. The number of rotatable bonds is 3. The van der Waals surface area contributed by atoms with Gasteiger partial charge in [0.05, 0.1) is 14.2 Å². The van der Waals surface area contributed by atoms with Crippen LogP contribution in [0.3, 0.4) is 0 Å². The molecular weight excluding hydrogens is 678 g/mol. The Morgan fingerprint density at radius 2 is 1.02 bits per heavy atom. The second kappa shape index (κ2) is 16.6. The number of hydrogen-bond donors (Lipinski definition) is 1. The van der Waals surface area contributed by atoms with Crippen molar-refractivity contribution in [1.29, 1.82) is 0 Å². The summed E-state index contributed by atoms with van der Waals surface area (Å²) >= 11 is 2.20. The van der Waals surface area contributed by atoms with Crippen LogP contribution in [0.15, 0.2) is 73.6 Å². The molecule has 0 aliphatic carbocycles. The van der Waals surface area contributed by atoms with E-state index in [0.29, 0.717) is 17.0 Å². The summed E-state index contributed by atoms with van der Waals surface area (Å²) in [7, 11) is 2.69. The summed E-state index contributed by atoms with van der Waals surface area (Å²) in [5.74, 6) is -1.82. The number of aromatic carboxylic acids is 1. The van der Waals surface area contributed by atoms with Crippen LogP contribution in [0.4, 0.5) is 0 Å². The molecule has 226 valence electrons. The Morgan fingerprint density at radius 1 is 0.659 bits per heavy atom. The van der Waals surface area contributed by atoms with Gasteiger partial charge in [-0.2, -0.15) is 0 Å². The third-order valence-corrected chi connectivity index (χ3v) is 6.26. The predicted molar refractivity (Wildman–Crippen MR) is 166 cm³/mol. The van der Waals surface area contributed by atoms with Crippen molar-refractivity contribution in [2.24, 2.45) is 0 Å². The van der Waals surface area contributed by atoms with Crippen LogP contribution in [0.1, 0.15) is 50.0 Å². The summed E-state index contributed by atoms with van der Waals surface area (Å²) in [6.07, 6.45) is 10.5. The maximum atomic E-state index is 11.2. The van der Waals surface area contributed by atoms with Gasteiger partial charge in [-0.1, -0.05) is 19.6 Å². The average Bonchev–Trinajstić information content (AvgIpc) is 3.68. The minimum absolute atomic E-state index is 0. The van der Waals surface area contributed by atoms with E-state index in [9.17, 15) is 14.4 Å². The molecule has 0 saturated carbocycles. The van der Waals surface area contributed by atoms with Crippen LogP contribution < -0.4 is 18.9 Å². The number of aryl methyl sites for hydroxylation is 2. The number of nitrogens with zero attached hydrogens (tertiary/aromatic N) is 6. The number of imidazole rings is 3. The molecule has 44 heavy (non-hydrogen) atoms. The number of esters is 2. The first-order chi connectivity index (χ1) is 19.6. The fraction of sp³-hybridized carbons (Fsp3) is 0.172. The van der Waals surface area contributed by atoms with Gasteiger partial charge in [0.1, 0.15) is 16.9 Å². The quantitative estimate of drug-likeness (QED) is 0.163. The van der Waals surface area contributed by atoms with Crippen LogP contribution in [0.2, 0.25) is 0 Å². The summed E-state index contributed by atoms with van der Waals surface area (Å²) in [5.41, 5.74) is 5.07. The Bertz CT molecular complexity index is 1810. The molecule has 0 saturated heterocycles. The van der Waals surface area contributed by atoms with Gasteiger partial charge in [-0.15, -0.1) is 0 Å². The van der Waals surface area contributed by atoms with Gasteiger partial charge < -0.3 is 33.3 Å². The van der Waals surface area contributed by atoms with E-state index < -0.39 is 17.9 Å². The summed E-state index contributed by atoms with van der Waals surface area (Å²) in [6.45, 7) is 3.93. The molecule has 0 aromatic carbocycles. The van der Waals surface area contributed by atoms with Crippen LogP contribution in [0, 0.1) is 17.4 Å². The van der Waals surface area contributed by atoms with Gasteiger partial charge in [-0.05, 0) is 71.8 Å². The first-order valence-corrected chi connectivity index (χ1v) is 13.1. The Morgan fingerprint density at radius 3 is 1.43 bits per heavy atom. The molecule has 0 aliphatic rings. The van der Waals surface area contributed by atoms with Gasteiger partial charge >= 0.3 is 36.8 Å². The Labute approximate surface area is 278 Å². The van der Waals surface area contributed by atoms with E-state index in [1.807, 2.05) is 67.2 Å². The number of carboxylic acids is 1. The van der Waals surface area contributed by atoms with Crippen molar-refractivity contribution in [1.82, 2.24) is 28.2 Å². The molecule has 0 atom stereocenters. The molecule has 15 heteroatoms. The van der Waals surface area contributed by atoms with Crippen molar-refractivity contribution in [2.75, 3.05) is 14.2 Å². The fourth-order valence-corrected chi connectivity index (χ4v) is 4.16. The first-order valence-electron chi connectivity index (χ1n) is 12.0. The average molecular weight is 708 g/mol. The molecule has 6 rings (SSSR count). The first kappa shape index (κ1) is 37.8. The van der Waals surface area contributed by atoms with Crippen LogP contribution in [0.25, 0.3) is 16.9 Å². The predicted octanol–water partition coefficient (Wildman–Crippen LogP) is 1.96. The monoisotopic (exact) mass is 708 g/mol. The number of pyridine rings is 3. The van der Waals surface area contributed by atoms with Crippen LogP contribution in [-0.4, -0.2) is 70.9 Å². The molecule has 13 nitrogen and oxygen atoms in total. The SMILES string of the molecule is C.COC(=O)c1cn2cc(C)ccc2n1.COC(=O)c1cn2cc(I)ccc2n1.Cc1ccc2nc(C(=O)O)cn2c1.[Li+].[OH-]. The largest absolute Gasteiger partial charge is 1.00 e. The number of carbonyl (C=O) groups is 3.